The van der Waals surface area contributed by atoms with E-state index in [1.54, 1.807) is 31.5 Å². The van der Waals surface area contributed by atoms with Gasteiger partial charge in [0, 0.05) is 12.4 Å². The van der Waals surface area contributed by atoms with Crippen LogP contribution in [0.2, 0.25) is 0 Å². The Hall–Kier alpha value is -2.20. The number of benzene rings is 1. The van der Waals surface area contributed by atoms with Gasteiger partial charge in [0.25, 0.3) is 0 Å². The summed E-state index contributed by atoms with van der Waals surface area (Å²) in [6.07, 6.45) is 2.54. The van der Waals surface area contributed by atoms with Crippen LogP contribution in [0.15, 0.2) is 54.9 Å². The Morgan fingerprint density at radius 2 is 1.85 bits per heavy atom. The fourth-order valence-electron chi connectivity index (χ4n) is 1.81. The lowest BCUT2D eigenvalue weighted by Crippen LogP contribution is -2.19. The Morgan fingerprint density at radius 3 is 2.50 bits per heavy atom. The summed E-state index contributed by atoms with van der Waals surface area (Å²) in [6, 6.07) is 13.2. The molecule has 0 bridgehead atoms. The quantitative estimate of drug-likeness (QED) is 0.758. The van der Waals surface area contributed by atoms with Gasteiger partial charge >= 0.3 is 5.97 Å². The third-order valence-electron chi connectivity index (χ3n) is 2.77. The first-order chi connectivity index (χ1) is 9.81. The van der Waals surface area contributed by atoms with Crippen molar-refractivity contribution in [2.24, 2.45) is 0 Å². The van der Waals surface area contributed by atoms with Crippen molar-refractivity contribution in [3.8, 4) is 0 Å². The molecule has 0 radical (unpaired) electrons. The van der Waals surface area contributed by atoms with Crippen LogP contribution in [0.3, 0.4) is 0 Å². The molecule has 1 aromatic carbocycles. The number of carbonyl (C=O) groups excluding carboxylic acids is 1. The van der Waals surface area contributed by atoms with E-state index in [0.717, 1.165) is 11.1 Å². The average molecular weight is 271 g/mol. The van der Waals surface area contributed by atoms with Crippen molar-refractivity contribution < 1.29 is 14.3 Å². The fourth-order valence-corrected chi connectivity index (χ4v) is 1.81. The van der Waals surface area contributed by atoms with Gasteiger partial charge in [-0.15, -0.1) is 0 Å². The standard InChI is InChI=1S/C16H17NO3/c1-2-19-16(18)15(14-8-10-17-11-9-14)20-12-13-6-4-3-5-7-13/h3-11,15H,2,12H2,1H3. The largest absolute Gasteiger partial charge is 0.464 e. The van der Waals surface area contributed by atoms with Gasteiger partial charge in [-0.3, -0.25) is 4.98 Å². The third-order valence-corrected chi connectivity index (χ3v) is 2.77. The van der Waals surface area contributed by atoms with Crippen molar-refractivity contribution in [1.29, 1.82) is 0 Å². The molecular formula is C16H17NO3. The first kappa shape index (κ1) is 14.2. The summed E-state index contributed by atoms with van der Waals surface area (Å²) < 4.78 is 10.8. The molecule has 104 valence electrons. The highest BCUT2D eigenvalue weighted by Gasteiger charge is 2.22. The van der Waals surface area contributed by atoms with Crippen molar-refractivity contribution in [1.82, 2.24) is 4.98 Å². The molecular weight excluding hydrogens is 254 g/mol. The maximum Gasteiger partial charge on any atom is 0.339 e. The Morgan fingerprint density at radius 1 is 1.15 bits per heavy atom. The summed E-state index contributed by atoms with van der Waals surface area (Å²) >= 11 is 0. The van der Waals surface area contributed by atoms with Crippen LogP contribution in [0.25, 0.3) is 0 Å². The van der Waals surface area contributed by atoms with E-state index in [0.29, 0.717) is 13.2 Å². The monoisotopic (exact) mass is 271 g/mol. The molecule has 0 saturated carbocycles. The summed E-state index contributed by atoms with van der Waals surface area (Å²) in [6.45, 7) is 2.46. The molecule has 0 N–H and O–H groups in total. The molecule has 2 aromatic rings. The first-order valence-corrected chi connectivity index (χ1v) is 6.53. The summed E-state index contributed by atoms with van der Waals surface area (Å²) in [5.41, 5.74) is 1.75. The maximum atomic E-state index is 12.0. The third kappa shape index (κ3) is 3.90. The number of pyridine rings is 1. The van der Waals surface area contributed by atoms with Gasteiger partial charge in [0.05, 0.1) is 13.2 Å². The van der Waals surface area contributed by atoms with Gasteiger partial charge in [-0.05, 0) is 30.2 Å². The lowest BCUT2D eigenvalue weighted by atomic mass is 10.1. The Balaban J connectivity index is 2.09. The van der Waals surface area contributed by atoms with Crippen LogP contribution >= 0.6 is 0 Å². The predicted octanol–water partition coefficient (Wildman–Crippen LogP) is 2.90. The summed E-state index contributed by atoms with van der Waals surface area (Å²) in [7, 11) is 0. The number of nitrogens with zero attached hydrogens (tertiary/aromatic N) is 1. The molecule has 1 atom stereocenters. The van der Waals surface area contributed by atoms with Gasteiger partial charge in [0.2, 0.25) is 0 Å². The van der Waals surface area contributed by atoms with E-state index in [1.165, 1.54) is 0 Å². The predicted molar refractivity (Wildman–Crippen MR) is 74.8 cm³/mol. The molecule has 1 aromatic heterocycles. The number of hydrogen-bond acceptors (Lipinski definition) is 4. The van der Waals surface area contributed by atoms with Crippen molar-refractivity contribution in [3.63, 3.8) is 0 Å². The van der Waals surface area contributed by atoms with Crippen molar-refractivity contribution in [3.05, 3.63) is 66.0 Å². The molecule has 4 nitrogen and oxygen atoms in total. The molecule has 0 amide bonds. The zero-order chi connectivity index (χ0) is 14.2. The first-order valence-electron chi connectivity index (χ1n) is 6.53. The second-order valence-electron chi connectivity index (χ2n) is 4.21. The van der Waals surface area contributed by atoms with E-state index in [-0.39, 0.29) is 5.97 Å². The van der Waals surface area contributed by atoms with Crippen molar-refractivity contribution in [2.45, 2.75) is 19.6 Å². The molecule has 0 saturated heterocycles. The van der Waals surface area contributed by atoms with E-state index in [1.807, 2.05) is 30.3 Å². The smallest absolute Gasteiger partial charge is 0.339 e. The van der Waals surface area contributed by atoms with Crippen molar-refractivity contribution >= 4 is 5.97 Å². The molecule has 1 heterocycles. The molecule has 20 heavy (non-hydrogen) atoms. The van der Waals surface area contributed by atoms with Crippen LogP contribution in [-0.4, -0.2) is 17.6 Å². The molecule has 0 aliphatic rings. The van der Waals surface area contributed by atoms with Crippen LogP contribution in [0.5, 0.6) is 0 Å². The van der Waals surface area contributed by atoms with Gasteiger partial charge in [0.1, 0.15) is 0 Å². The summed E-state index contributed by atoms with van der Waals surface area (Å²) in [5.74, 6) is -0.380. The topological polar surface area (TPSA) is 48.4 Å². The molecule has 0 aliphatic carbocycles. The Bertz CT molecular complexity index is 528. The second kappa shape index (κ2) is 7.40. The maximum absolute atomic E-state index is 12.0. The van der Waals surface area contributed by atoms with Gasteiger partial charge in [0.15, 0.2) is 6.10 Å². The van der Waals surface area contributed by atoms with Crippen LogP contribution in [0.1, 0.15) is 24.2 Å². The lowest BCUT2D eigenvalue weighted by molar-refractivity contribution is -0.158. The second-order valence-corrected chi connectivity index (χ2v) is 4.21. The molecule has 4 heteroatoms. The SMILES string of the molecule is CCOC(=O)C(OCc1ccccc1)c1ccncc1. The van der Waals surface area contributed by atoms with Gasteiger partial charge < -0.3 is 9.47 Å². The lowest BCUT2D eigenvalue weighted by Gasteiger charge is -2.16. The van der Waals surface area contributed by atoms with Crippen LogP contribution in [0.4, 0.5) is 0 Å². The van der Waals surface area contributed by atoms with E-state index in [9.17, 15) is 4.79 Å². The van der Waals surface area contributed by atoms with E-state index < -0.39 is 6.10 Å². The Kier molecular flexibility index (Phi) is 5.26. The van der Waals surface area contributed by atoms with E-state index in [4.69, 9.17) is 9.47 Å². The van der Waals surface area contributed by atoms with Crippen LogP contribution in [0, 0.1) is 0 Å². The zero-order valence-corrected chi connectivity index (χ0v) is 11.4. The van der Waals surface area contributed by atoms with Gasteiger partial charge in [-0.25, -0.2) is 4.79 Å². The minimum atomic E-state index is -0.724. The molecule has 0 fully saturated rings. The van der Waals surface area contributed by atoms with Crippen LogP contribution in [-0.2, 0) is 20.9 Å². The molecule has 0 spiro atoms. The minimum absolute atomic E-state index is 0.328. The number of rotatable bonds is 6. The van der Waals surface area contributed by atoms with Gasteiger partial charge in [-0.1, -0.05) is 30.3 Å². The number of aromatic nitrogens is 1. The molecule has 0 aliphatic heterocycles. The number of hydrogen-bond donors (Lipinski definition) is 0. The summed E-state index contributed by atoms with van der Waals surface area (Å²) in [5, 5.41) is 0. The molecule has 1 unspecified atom stereocenters. The molecule has 2 rings (SSSR count). The Labute approximate surface area is 118 Å². The van der Waals surface area contributed by atoms with E-state index in [2.05, 4.69) is 4.98 Å². The zero-order valence-electron chi connectivity index (χ0n) is 11.4. The average Bonchev–Trinajstić information content (AvgIpc) is 2.50. The van der Waals surface area contributed by atoms with Crippen molar-refractivity contribution in [2.75, 3.05) is 6.61 Å². The highest BCUT2D eigenvalue weighted by Crippen LogP contribution is 2.20. The number of carbonyl (C=O) groups is 1. The normalized spacial score (nSPS) is 11.8. The fraction of sp³-hybridized carbons (Fsp3) is 0.250. The van der Waals surface area contributed by atoms with E-state index >= 15 is 0 Å². The minimum Gasteiger partial charge on any atom is -0.464 e. The number of ether oxygens (including phenoxy) is 2. The van der Waals surface area contributed by atoms with Gasteiger partial charge in [-0.2, -0.15) is 0 Å². The highest BCUT2D eigenvalue weighted by molar-refractivity contribution is 5.76. The van der Waals surface area contributed by atoms with Crippen LogP contribution < -0.4 is 0 Å². The highest BCUT2D eigenvalue weighted by atomic mass is 16.6. The summed E-state index contributed by atoms with van der Waals surface area (Å²) in [4.78, 5) is 15.9. The number of esters is 1.